The highest BCUT2D eigenvalue weighted by atomic mass is 19.4. The van der Waals surface area contributed by atoms with Crippen molar-refractivity contribution < 1.29 is 37.1 Å². The highest BCUT2D eigenvalue weighted by Crippen LogP contribution is 2.65. The Hall–Kier alpha value is -2.88. The molecule has 0 bridgehead atoms. The van der Waals surface area contributed by atoms with Gasteiger partial charge in [0.25, 0.3) is 0 Å². The standard InChI is InChI=1S/C25H34F3N5O5/c1-12(38-15-6-7-15)18(32-23(37)25(26,27)28)22(36)33-11-16-17(24(16,2)3)19(33)21(35)31-14(10-29)9-13-5-4-8-30-20(13)34/h12-19H,4-9,11H2,1-3H3,(H,30,34)(H,31,35)(H,32,37)/t12-,13+,14+,16+,17+,18+,19+/m1/s1. The molecule has 4 fully saturated rings. The Bertz CT molecular complexity index is 1020. The fourth-order valence-electron chi connectivity index (χ4n) is 5.93. The number of carbonyl (C=O) groups excluding carboxylic acids is 4. The highest BCUT2D eigenvalue weighted by molar-refractivity contribution is 5.95. The van der Waals surface area contributed by atoms with E-state index < -0.39 is 54.0 Å². The van der Waals surface area contributed by atoms with Crippen molar-refractivity contribution >= 4 is 23.6 Å². The molecule has 2 aliphatic carbocycles. The molecule has 2 aliphatic heterocycles. The molecule has 0 aromatic carbocycles. The van der Waals surface area contributed by atoms with Crippen molar-refractivity contribution in [3.63, 3.8) is 0 Å². The minimum atomic E-state index is -5.20. The molecule has 10 nitrogen and oxygen atoms in total. The number of ether oxygens (including phenoxy) is 1. The van der Waals surface area contributed by atoms with Crippen LogP contribution in [0.15, 0.2) is 0 Å². The molecule has 0 spiro atoms. The molecule has 4 aliphatic rings. The summed E-state index contributed by atoms with van der Waals surface area (Å²) in [5.74, 6) is -4.63. The molecular formula is C25H34F3N5O5. The summed E-state index contributed by atoms with van der Waals surface area (Å²) in [5, 5.41) is 16.8. The molecule has 0 unspecified atom stereocenters. The van der Waals surface area contributed by atoms with E-state index in [1.54, 1.807) is 5.32 Å². The number of hydrogen-bond donors (Lipinski definition) is 3. The number of alkyl halides is 3. The third kappa shape index (κ3) is 5.75. The van der Waals surface area contributed by atoms with Crippen LogP contribution < -0.4 is 16.0 Å². The highest BCUT2D eigenvalue weighted by Gasteiger charge is 2.69. The van der Waals surface area contributed by atoms with E-state index >= 15 is 0 Å². The monoisotopic (exact) mass is 541 g/mol. The number of piperidine rings is 2. The second kappa shape index (κ2) is 10.4. The van der Waals surface area contributed by atoms with Gasteiger partial charge in [-0.3, -0.25) is 19.2 Å². The van der Waals surface area contributed by atoms with Crippen LogP contribution in [0.3, 0.4) is 0 Å². The van der Waals surface area contributed by atoms with Crippen LogP contribution >= 0.6 is 0 Å². The zero-order chi connectivity index (χ0) is 28.0. The number of fused-ring (bicyclic) bond motifs is 1. The Kier molecular flexibility index (Phi) is 7.67. The van der Waals surface area contributed by atoms with E-state index in [2.05, 4.69) is 10.6 Å². The summed E-state index contributed by atoms with van der Waals surface area (Å²) >= 11 is 0. The maximum atomic E-state index is 13.6. The Morgan fingerprint density at radius 1 is 1.24 bits per heavy atom. The predicted molar refractivity (Wildman–Crippen MR) is 126 cm³/mol. The number of rotatable bonds is 9. The maximum absolute atomic E-state index is 13.6. The quantitative estimate of drug-likeness (QED) is 0.398. The van der Waals surface area contributed by atoms with Gasteiger partial charge in [-0.1, -0.05) is 13.8 Å². The van der Waals surface area contributed by atoms with Crippen molar-refractivity contribution in [2.45, 2.75) is 89.4 Å². The minimum Gasteiger partial charge on any atom is -0.373 e. The van der Waals surface area contributed by atoms with Crippen molar-refractivity contribution in [1.82, 2.24) is 20.9 Å². The molecule has 0 radical (unpaired) electrons. The van der Waals surface area contributed by atoms with Gasteiger partial charge in [0, 0.05) is 19.0 Å². The fourth-order valence-corrected chi connectivity index (χ4v) is 5.93. The molecule has 4 rings (SSSR count). The number of nitriles is 1. The Balaban J connectivity index is 1.51. The van der Waals surface area contributed by atoms with Crippen LogP contribution in [-0.4, -0.2) is 78.1 Å². The van der Waals surface area contributed by atoms with Gasteiger partial charge in [-0.2, -0.15) is 18.4 Å². The van der Waals surface area contributed by atoms with E-state index in [9.17, 15) is 37.6 Å². The lowest BCUT2D eigenvalue weighted by molar-refractivity contribution is -0.176. The van der Waals surface area contributed by atoms with Crippen molar-refractivity contribution in [3.8, 4) is 6.07 Å². The maximum Gasteiger partial charge on any atom is 0.471 e. The minimum absolute atomic E-state index is 0.0644. The van der Waals surface area contributed by atoms with Crippen molar-refractivity contribution in [1.29, 1.82) is 5.26 Å². The van der Waals surface area contributed by atoms with Gasteiger partial charge in [-0.25, -0.2) is 0 Å². The van der Waals surface area contributed by atoms with Gasteiger partial charge in [0.2, 0.25) is 17.7 Å². The van der Waals surface area contributed by atoms with E-state index in [4.69, 9.17) is 4.74 Å². The summed E-state index contributed by atoms with van der Waals surface area (Å²) < 4.78 is 44.9. The normalized spacial score (nSPS) is 30.2. The molecule has 13 heteroatoms. The molecule has 2 saturated carbocycles. The predicted octanol–water partition coefficient (Wildman–Crippen LogP) is 1.01. The summed E-state index contributed by atoms with van der Waals surface area (Å²) in [5.41, 5.74) is -0.287. The first-order valence-electron chi connectivity index (χ1n) is 13.1. The molecule has 7 atom stereocenters. The summed E-state index contributed by atoms with van der Waals surface area (Å²) in [6.07, 6.45) is -3.56. The largest absolute Gasteiger partial charge is 0.471 e. The van der Waals surface area contributed by atoms with E-state index in [1.807, 2.05) is 19.9 Å². The molecule has 2 heterocycles. The van der Waals surface area contributed by atoms with Crippen molar-refractivity contribution in [2.24, 2.45) is 23.2 Å². The van der Waals surface area contributed by atoms with Crippen molar-refractivity contribution in [2.75, 3.05) is 13.1 Å². The first-order valence-corrected chi connectivity index (χ1v) is 13.1. The molecule has 38 heavy (non-hydrogen) atoms. The average Bonchev–Trinajstić information content (AvgIpc) is 3.69. The van der Waals surface area contributed by atoms with Crippen LogP contribution in [0.1, 0.15) is 52.9 Å². The second-order valence-corrected chi connectivity index (χ2v) is 11.4. The smallest absolute Gasteiger partial charge is 0.373 e. The topological polar surface area (TPSA) is 141 Å². The van der Waals surface area contributed by atoms with Gasteiger partial charge in [-0.15, -0.1) is 0 Å². The Morgan fingerprint density at radius 3 is 2.50 bits per heavy atom. The van der Waals surface area contributed by atoms with Gasteiger partial charge >= 0.3 is 12.1 Å². The zero-order valence-corrected chi connectivity index (χ0v) is 21.6. The number of likely N-dealkylation sites (tertiary alicyclic amines) is 1. The second-order valence-electron chi connectivity index (χ2n) is 11.4. The summed E-state index contributed by atoms with van der Waals surface area (Å²) in [7, 11) is 0. The molecule has 4 amide bonds. The first-order chi connectivity index (χ1) is 17.8. The molecule has 2 saturated heterocycles. The van der Waals surface area contributed by atoms with Gasteiger partial charge in [0.15, 0.2) is 0 Å². The number of nitrogens with zero attached hydrogens (tertiary/aromatic N) is 2. The van der Waals surface area contributed by atoms with E-state index in [1.165, 1.54) is 11.8 Å². The van der Waals surface area contributed by atoms with Gasteiger partial charge in [-0.05, 0) is 56.3 Å². The number of carbonyl (C=O) groups is 4. The van der Waals surface area contributed by atoms with E-state index in [0.29, 0.717) is 25.8 Å². The third-order valence-electron chi connectivity index (χ3n) is 8.36. The number of hydrogen-bond acceptors (Lipinski definition) is 6. The van der Waals surface area contributed by atoms with Crippen LogP contribution in [-0.2, 0) is 23.9 Å². The van der Waals surface area contributed by atoms with Crippen LogP contribution in [0.4, 0.5) is 13.2 Å². The summed E-state index contributed by atoms with van der Waals surface area (Å²) in [6.45, 7) is 6.01. The molecule has 210 valence electrons. The first kappa shape index (κ1) is 28.1. The lowest BCUT2D eigenvalue weighted by Crippen LogP contribution is -2.60. The molecule has 0 aromatic heterocycles. The van der Waals surface area contributed by atoms with Gasteiger partial charge in [0.05, 0.1) is 18.3 Å². The summed E-state index contributed by atoms with van der Waals surface area (Å²) in [4.78, 5) is 52.2. The molecule has 0 aromatic rings. The van der Waals surface area contributed by atoms with Crippen LogP contribution in [0.2, 0.25) is 0 Å². The van der Waals surface area contributed by atoms with E-state index in [-0.39, 0.29) is 42.2 Å². The third-order valence-corrected chi connectivity index (χ3v) is 8.36. The Labute approximate surface area is 219 Å². The fraction of sp³-hybridized carbons (Fsp3) is 0.800. The van der Waals surface area contributed by atoms with E-state index in [0.717, 1.165) is 6.42 Å². The van der Waals surface area contributed by atoms with Crippen LogP contribution in [0.5, 0.6) is 0 Å². The average molecular weight is 542 g/mol. The number of halogens is 3. The summed E-state index contributed by atoms with van der Waals surface area (Å²) in [6, 6.07) is -1.64. The molecular weight excluding hydrogens is 507 g/mol. The van der Waals surface area contributed by atoms with Crippen LogP contribution in [0, 0.1) is 34.5 Å². The lowest BCUT2D eigenvalue weighted by atomic mass is 9.91. The van der Waals surface area contributed by atoms with Gasteiger partial charge < -0.3 is 25.6 Å². The SMILES string of the molecule is C[C@@H](OC1CC1)[C@H](NC(=O)C(F)(F)F)C(=O)N1C[C@H]2[C@@H]([C@H]1C(=O)N[C@H](C#N)C[C@@H]1CCCNC1=O)C2(C)C. The molecule has 3 N–H and O–H groups in total. The number of amides is 4. The number of nitrogens with one attached hydrogen (secondary N) is 3. The zero-order valence-electron chi connectivity index (χ0n) is 21.6. The van der Waals surface area contributed by atoms with Crippen molar-refractivity contribution in [3.05, 3.63) is 0 Å². The van der Waals surface area contributed by atoms with Crippen LogP contribution in [0.25, 0.3) is 0 Å². The lowest BCUT2D eigenvalue weighted by Gasteiger charge is -2.35. The van der Waals surface area contributed by atoms with Gasteiger partial charge in [0.1, 0.15) is 18.1 Å². The Morgan fingerprint density at radius 2 is 1.92 bits per heavy atom.